The molecule has 76 heavy (non-hydrogen) atoms. The molecule has 0 spiro atoms. The highest BCUT2D eigenvalue weighted by molar-refractivity contribution is 7.95. The summed E-state index contributed by atoms with van der Waals surface area (Å²) in [7, 11) is -13.2. The normalized spacial score (nSPS) is 11.4. The van der Waals surface area contributed by atoms with Gasteiger partial charge in [0.15, 0.2) is 0 Å². The van der Waals surface area contributed by atoms with E-state index >= 15 is 0 Å². The Balaban J connectivity index is 0.000000314. The molecule has 0 aliphatic rings. The van der Waals surface area contributed by atoms with Crippen LogP contribution in [0.25, 0.3) is 0 Å². The lowest BCUT2D eigenvalue weighted by atomic mass is 10.1. The Labute approximate surface area is 447 Å². The first-order valence-electron chi connectivity index (χ1n) is 24.1. The van der Waals surface area contributed by atoms with Crippen molar-refractivity contribution in [2.24, 2.45) is 0 Å². The van der Waals surface area contributed by atoms with Gasteiger partial charge in [-0.25, -0.2) is 16.8 Å². The van der Waals surface area contributed by atoms with Crippen LogP contribution in [0.1, 0.15) is 36.1 Å². The van der Waals surface area contributed by atoms with E-state index in [4.69, 9.17) is 9.47 Å². The fourth-order valence-electron chi connectivity index (χ4n) is 8.83. The highest BCUT2D eigenvalue weighted by Crippen LogP contribution is 2.62. The van der Waals surface area contributed by atoms with Crippen LogP contribution in [0.5, 0.6) is 11.5 Å². The van der Waals surface area contributed by atoms with Crippen molar-refractivity contribution in [3.8, 4) is 11.5 Å². The Hall–Kier alpha value is -7.40. The lowest BCUT2D eigenvalue weighted by Gasteiger charge is -2.31. The van der Waals surface area contributed by atoms with Crippen molar-refractivity contribution in [3.05, 3.63) is 265 Å². The summed E-state index contributed by atoms with van der Waals surface area (Å²) in [6.07, 6.45) is 1.58. The number of carbonyl (C=O) groups is 2. The molecule has 0 aliphatic carbocycles. The molecule has 0 atom stereocenters. The fourth-order valence-corrected chi connectivity index (χ4v) is 18.3. The Bertz CT molecular complexity index is 3250. The van der Waals surface area contributed by atoms with Gasteiger partial charge in [-0.3, -0.25) is 9.59 Å². The van der Waals surface area contributed by atoms with E-state index in [0.29, 0.717) is 11.5 Å². The molecule has 0 radical (unpaired) electrons. The van der Waals surface area contributed by atoms with Gasteiger partial charge < -0.3 is 18.6 Å². The van der Waals surface area contributed by atoms with E-state index in [-0.39, 0.29) is 21.7 Å². The molecule has 9 rings (SSSR count). The van der Waals surface area contributed by atoms with E-state index in [0.717, 1.165) is 23.5 Å². The summed E-state index contributed by atoms with van der Waals surface area (Å²) in [5.41, 5.74) is 4.43. The van der Waals surface area contributed by atoms with Crippen LogP contribution in [-0.2, 0) is 42.1 Å². The zero-order valence-corrected chi connectivity index (χ0v) is 45.7. The molecule has 0 aliphatic heterocycles. The summed E-state index contributed by atoms with van der Waals surface area (Å²) < 4.78 is 73.3. The summed E-state index contributed by atoms with van der Waals surface area (Å²) in [6.45, 7) is 6.50. The summed E-state index contributed by atoms with van der Waals surface area (Å²) in [5, 5.41) is 7.52. The molecule has 0 aromatic heterocycles. The molecule has 0 heterocycles. The van der Waals surface area contributed by atoms with Crippen LogP contribution < -0.4 is 41.3 Å². The van der Waals surface area contributed by atoms with Gasteiger partial charge in [-0.05, 0) is 146 Å². The van der Waals surface area contributed by atoms with Crippen molar-refractivity contribution in [2.45, 2.75) is 49.8 Å². The molecule has 9 aromatic carbocycles. The van der Waals surface area contributed by atoms with E-state index in [1.54, 1.807) is 24.3 Å². The van der Waals surface area contributed by atoms with Gasteiger partial charge in [0.1, 0.15) is 78.1 Å². The second-order valence-electron chi connectivity index (χ2n) is 17.8. The third-order valence-electron chi connectivity index (χ3n) is 12.4. The van der Waals surface area contributed by atoms with Crippen LogP contribution in [0, 0.1) is 13.8 Å². The fraction of sp³-hybridized carbons (Fsp3) is 0.0968. The topological polar surface area (TPSA) is 167 Å². The average Bonchev–Trinajstić information content (AvgIpc) is 3.45. The molecule has 0 amide bonds. The SMILES string of the molecule is CC(=O)Oc1ccc([P+](Cc2ccccc2C[P+](c2ccccc2)(c2ccccc2)c2ccc(OC(C)=O)cc2)(c2ccccc2)c2ccccc2)cc1.Cc1ccc(S(=O)(=O)[O-])cc1.Cc1ccc(S(=O)(=O)[O-])cc1. The molecular formula is C62H56O10P2S2. The molecule has 386 valence electrons. The highest BCUT2D eigenvalue weighted by Gasteiger charge is 2.49. The molecule has 0 fully saturated rings. The molecular weight excluding hydrogens is 1030 g/mol. The number of rotatable bonds is 14. The predicted molar refractivity (Wildman–Crippen MR) is 305 cm³/mol. The smallest absolute Gasteiger partial charge is 0.308 e. The zero-order chi connectivity index (χ0) is 54.4. The van der Waals surface area contributed by atoms with E-state index in [1.165, 1.54) is 81.1 Å². The molecule has 10 nitrogen and oxygen atoms in total. The highest BCUT2D eigenvalue weighted by atomic mass is 32.2. The monoisotopic (exact) mass is 1090 g/mol. The summed E-state index contributed by atoms with van der Waals surface area (Å²) >= 11 is 0. The van der Waals surface area contributed by atoms with Crippen LogP contribution in [0.15, 0.2) is 252 Å². The maximum absolute atomic E-state index is 11.9. The second kappa shape index (κ2) is 25.4. The molecule has 14 heteroatoms. The number of hydrogen-bond acceptors (Lipinski definition) is 10. The maximum Gasteiger partial charge on any atom is 0.308 e. The quantitative estimate of drug-likeness (QED) is 0.0443. The van der Waals surface area contributed by atoms with E-state index < -0.39 is 34.8 Å². The van der Waals surface area contributed by atoms with Crippen molar-refractivity contribution in [3.63, 3.8) is 0 Å². The van der Waals surface area contributed by atoms with Crippen molar-refractivity contribution in [2.75, 3.05) is 0 Å². The van der Waals surface area contributed by atoms with Crippen LogP contribution in [0.3, 0.4) is 0 Å². The van der Waals surface area contributed by atoms with Gasteiger partial charge >= 0.3 is 11.9 Å². The number of ether oxygens (including phenoxy) is 2. The Morgan fingerprint density at radius 1 is 0.355 bits per heavy atom. The van der Waals surface area contributed by atoms with Crippen LogP contribution in [0.2, 0.25) is 0 Å². The minimum absolute atomic E-state index is 0.178. The van der Waals surface area contributed by atoms with E-state index in [2.05, 4.69) is 170 Å². The van der Waals surface area contributed by atoms with Gasteiger partial charge in [-0.2, -0.15) is 0 Å². The average molecular weight is 1090 g/mol. The summed E-state index contributed by atoms with van der Waals surface area (Å²) in [4.78, 5) is 23.4. The Morgan fingerprint density at radius 2 is 0.592 bits per heavy atom. The van der Waals surface area contributed by atoms with Crippen molar-refractivity contribution >= 4 is 78.5 Å². The van der Waals surface area contributed by atoms with E-state index in [1.807, 2.05) is 38.1 Å². The zero-order valence-electron chi connectivity index (χ0n) is 42.3. The van der Waals surface area contributed by atoms with Gasteiger partial charge in [-0.15, -0.1) is 0 Å². The largest absolute Gasteiger partial charge is 0.744 e. The van der Waals surface area contributed by atoms with Crippen molar-refractivity contribution in [1.82, 2.24) is 0 Å². The molecule has 0 N–H and O–H groups in total. The van der Waals surface area contributed by atoms with Gasteiger partial charge in [0.05, 0.1) is 22.1 Å². The Kier molecular flexibility index (Phi) is 18.8. The molecule has 0 saturated heterocycles. The van der Waals surface area contributed by atoms with Crippen molar-refractivity contribution in [1.29, 1.82) is 0 Å². The molecule has 9 aromatic rings. The number of esters is 2. The van der Waals surface area contributed by atoms with Gasteiger partial charge in [0.2, 0.25) is 0 Å². The van der Waals surface area contributed by atoms with Gasteiger partial charge in [0, 0.05) is 13.8 Å². The first-order valence-corrected chi connectivity index (χ1v) is 30.8. The number of hydrogen-bond donors (Lipinski definition) is 0. The van der Waals surface area contributed by atoms with Crippen LogP contribution >= 0.6 is 14.5 Å². The molecule has 0 bridgehead atoms. The molecule has 0 saturated carbocycles. The van der Waals surface area contributed by atoms with E-state index in [9.17, 15) is 35.5 Å². The Morgan fingerprint density at radius 3 is 0.829 bits per heavy atom. The maximum atomic E-state index is 11.9. The second-order valence-corrected chi connectivity index (χ2v) is 27.5. The van der Waals surface area contributed by atoms with Crippen LogP contribution in [0.4, 0.5) is 0 Å². The lowest BCUT2D eigenvalue weighted by Crippen LogP contribution is -2.34. The summed E-state index contributed by atoms with van der Waals surface area (Å²) in [5.74, 6) is 0.388. The van der Waals surface area contributed by atoms with Crippen LogP contribution in [-0.4, -0.2) is 37.9 Å². The number of carbonyl (C=O) groups excluding carboxylic acids is 2. The first kappa shape index (κ1) is 56.3. The third-order valence-corrected chi connectivity index (χ3v) is 22.8. The lowest BCUT2D eigenvalue weighted by molar-refractivity contribution is -0.132. The number of benzene rings is 9. The minimum atomic E-state index is -4.27. The predicted octanol–water partition coefficient (Wildman–Crippen LogP) is 10.3. The number of aryl methyl sites for hydroxylation is 2. The first-order chi connectivity index (χ1) is 36.4. The standard InChI is InChI=1S/C48H42O4P2.2C7H8O3S/c1-37(49)51-41-27-31-47(32-28-41)53(43-19-7-3-8-20-43,44-21-9-4-10-22-44)35-39-17-15-16-18-40(39)36-54(45-23-11-5-12-24-45,46-25-13-6-14-26-46)48-33-29-42(30-34-48)52-38(2)50;2*1-6-2-4-7(5-3-6)11(8,9)10/h3-34H,35-36H2,1-2H3;2*2-5H,1H3,(H,8,9,10)/q+2;;/p-2. The van der Waals surface area contributed by atoms with Gasteiger partial charge in [-0.1, -0.05) is 132 Å². The molecule has 0 unspecified atom stereocenters. The minimum Gasteiger partial charge on any atom is -0.744 e. The van der Waals surface area contributed by atoms with Gasteiger partial charge in [0.25, 0.3) is 0 Å². The third kappa shape index (κ3) is 14.3. The summed E-state index contributed by atoms with van der Waals surface area (Å²) in [6, 6.07) is 80.2. The van der Waals surface area contributed by atoms with Crippen molar-refractivity contribution < 1.29 is 45.0 Å².